The summed E-state index contributed by atoms with van der Waals surface area (Å²) in [5.41, 5.74) is 2.27. The highest BCUT2D eigenvalue weighted by molar-refractivity contribution is 5.94. The van der Waals surface area contributed by atoms with Crippen LogP contribution in [0.3, 0.4) is 0 Å². The fourth-order valence-corrected chi connectivity index (χ4v) is 2.14. The number of carbonyl (C=O) groups is 1. The molecule has 2 rings (SSSR count). The third-order valence-corrected chi connectivity index (χ3v) is 3.19. The Morgan fingerprint density at radius 1 is 1.13 bits per heavy atom. The highest BCUT2D eigenvalue weighted by Gasteiger charge is 2.30. The van der Waals surface area contributed by atoms with Gasteiger partial charge >= 0.3 is 6.36 Å². The predicted molar refractivity (Wildman–Crippen MR) is 80.1 cm³/mol. The van der Waals surface area contributed by atoms with Crippen molar-refractivity contribution in [2.45, 2.75) is 19.8 Å². The van der Waals surface area contributed by atoms with E-state index in [-0.39, 0.29) is 11.7 Å². The molecule has 2 aromatic carbocycles. The summed E-state index contributed by atoms with van der Waals surface area (Å²) in [5, 5.41) is 0. The van der Waals surface area contributed by atoms with Gasteiger partial charge in [-0.25, -0.2) is 0 Å². The largest absolute Gasteiger partial charge is 0.573 e. The van der Waals surface area contributed by atoms with Crippen LogP contribution in [0, 0.1) is 6.92 Å². The zero-order chi connectivity index (χ0) is 17.0. The Morgan fingerprint density at radius 2 is 1.78 bits per heavy atom. The van der Waals surface area contributed by atoms with Gasteiger partial charge in [-0.1, -0.05) is 29.8 Å². The van der Waals surface area contributed by atoms with E-state index >= 15 is 0 Å². The van der Waals surface area contributed by atoms with E-state index in [0.29, 0.717) is 17.7 Å². The highest BCUT2D eigenvalue weighted by Crippen LogP contribution is 2.23. The van der Waals surface area contributed by atoms with Gasteiger partial charge in [0.15, 0.2) is 0 Å². The summed E-state index contributed by atoms with van der Waals surface area (Å²) in [6, 6.07) is 12.7. The zero-order valence-corrected chi connectivity index (χ0v) is 12.7. The Labute approximate surface area is 132 Å². The topological polar surface area (TPSA) is 29.5 Å². The number of aryl methyl sites for hydroxylation is 1. The van der Waals surface area contributed by atoms with Crippen molar-refractivity contribution in [2.24, 2.45) is 0 Å². The van der Waals surface area contributed by atoms with Crippen LogP contribution in [0.25, 0.3) is 0 Å². The second-order valence-corrected chi connectivity index (χ2v) is 5.22. The van der Waals surface area contributed by atoms with E-state index < -0.39 is 6.36 Å². The molecule has 0 radical (unpaired) electrons. The maximum Gasteiger partial charge on any atom is 0.573 e. The van der Waals surface area contributed by atoms with Crippen molar-refractivity contribution >= 4 is 5.91 Å². The highest BCUT2D eigenvalue weighted by atomic mass is 19.4. The number of alkyl halides is 3. The van der Waals surface area contributed by atoms with E-state index in [1.807, 2.05) is 13.0 Å². The van der Waals surface area contributed by atoms with Gasteiger partial charge in [-0.2, -0.15) is 0 Å². The van der Waals surface area contributed by atoms with Gasteiger partial charge in [0.25, 0.3) is 5.91 Å². The molecular formula is C17H16F3NO2. The van der Waals surface area contributed by atoms with Gasteiger partial charge in [0.1, 0.15) is 5.75 Å². The number of rotatable bonds is 4. The molecule has 0 N–H and O–H groups in total. The molecular weight excluding hydrogens is 307 g/mol. The number of halogens is 3. The van der Waals surface area contributed by atoms with Crippen molar-refractivity contribution in [3.8, 4) is 5.75 Å². The van der Waals surface area contributed by atoms with Crippen LogP contribution in [0.1, 0.15) is 21.5 Å². The monoisotopic (exact) mass is 323 g/mol. The summed E-state index contributed by atoms with van der Waals surface area (Å²) < 4.78 is 40.1. The van der Waals surface area contributed by atoms with Gasteiger partial charge in [0, 0.05) is 19.2 Å². The average molecular weight is 323 g/mol. The predicted octanol–water partition coefficient (Wildman–Crippen LogP) is 4.17. The Hall–Kier alpha value is -2.50. The summed E-state index contributed by atoms with van der Waals surface area (Å²) in [4.78, 5) is 13.8. The van der Waals surface area contributed by atoms with E-state index in [1.54, 1.807) is 25.2 Å². The summed E-state index contributed by atoms with van der Waals surface area (Å²) >= 11 is 0. The molecule has 2 aromatic rings. The number of ether oxygens (including phenoxy) is 1. The van der Waals surface area contributed by atoms with Crippen LogP contribution < -0.4 is 4.74 Å². The smallest absolute Gasteiger partial charge is 0.406 e. The first kappa shape index (κ1) is 16.9. The van der Waals surface area contributed by atoms with Crippen molar-refractivity contribution in [1.82, 2.24) is 4.90 Å². The standard InChI is InChI=1S/C17H16F3NO2/c1-12-4-3-5-14(10-12)16(22)21(2)11-13-6-8-15(9-7-13)23-17(18,19)20/h3-10H,11H2,1-2H3. The third-order valence-electron chi connectivity index (χ3n) is 3.19. The molecule has 0 atom stereocenters. The molecule has 0 fully saturated rings. The number of benzene rings is 2. The molecule has 0 saturated carbocycles. The molecule has 0 spiro atoms. The van der Waals surface area contributed by atoms with Crippen molar-refractivity contribution in [1.29, 1.82) is 0 Å². The number of hydrogen-bond donors (Lipinski definition) is 0. The molecule has 6 heteroatoms. The first-order chi connectivity index (χ1) is 10.7. The molecule has 0 heterocycles. The van der Waals surface area contributed by atoms with Crippen LogP contribution in [0.5, 0.6) is 5.75 Å². The van der Waals surface area contributed by atoms with Gasteiger partial charge in [0.05, 0.1) is 0 Å². The molecule has 23 heavy (non-hydrogen) atoms. The molecule has 0 unspecified atom stereocenters. The van der Waals surface area contributed by atoms with Gasteiger partial charge in [-0.15, -0.1) is 13.2 Å². The van der Waals surface area contributed by atoms with Crippen molar-refractivity contribution < 1.29 is 22.7 Å². The van der Waals surface area contributed by atoms with Gasteiger partial charge in [-0.3, -0.25) is 4.79 Å². The van der Waals surface area contributed by atoms with Crippen molar-refractivity contribution in [2.75, 3.05) is 7.05 Å². The lowest BCUT2D eigenvalue weighted by atomic mass is 10.1. The van der Waals surface area contributed by atoms with Gasteiger partial charge in [0.2, 0.25) is 0 Å². The molecule has 0 bridgehead atoms. The first-order valence-corrected chi connectivity index (χ1v) is 6.91. The number of hydrogen-bond acceptors (Lipinski definition) is 2. The minimum atomic E-state index is -4.71. The molecule has 3 nitrogen and oxygen atoms in total. The average Bonchev–Trinajstić information content (AvgIpc) is 2.47. The Morgan fingerprint density at radius 3 is 2.35 bits per heavy atom. The van der Waals surface area contributed by atoms with E-state index in [0.717, 1.165) is 5.56 Å². The van der Waals surface area contributed by atoms with Crippen LogP contribution >= 0.6 is 0 Å². The fourth-order valence-electron chi connectivity index (χ4n) is 2.14. The fraction of sp³-hybridized carbons (Fsp3) is 0.235. The van der Waals surface area contributed by atoms with E-state index in [2.05, 4.69) is 4.74 Å². The number of nitrogens with zero attached hydrogens (tertiary/aromatic N) is 1. The molecule has 1 amide bonds. The van der Waals surface area contributed by atoms with Crippen LogP contribution in [0.4, 0.5) is 13.2 Å². The maximum atomic E-state index is 12.3. The van der Waals surface area contributed by atoms with Gasteiger partial charge < -0.3 is 9.64 Å². The molecule has 0 aliphatic carbocycles. The van der Waals surface area contributed by atoms with E-state index in [1.165, 1.54) is 29.2 Å². The summed E-state index contributed by atoms with van der Waals surface area (Å²) in [5.74, 6) is -0.432. The minimum Gasteiger partial charge on any atom is -0.406 e. The van der Waals surface area contributed by atoms with Gasteiger partial charge in [-0.05, 0) is 36.8 Å². The second-order valence-electron chi connectivity index (χ2n) is 5.22. The van der Waals surface area contributed by atoms with Crippen LogP contribution in [0.15, 0.2) is 48.5 Å². The zero-order valence-electron chi connectivity index (χ0n) is 12.7. The van der Waals surface area contributed by atoms with Crippen molar-refractivity contribution in [3.05, 3.63) is 65.2 Å². The van der Waals surface area contributed by atoms with Crippen molar-refractivity contribution in [3.63, 3.8) is 0 Å². The summed E-state index contributed by atoms with van der Waals surface area (Å²) in [6.07, 6.45) is -4.71. The molecule has 0 aromatic heterocycles. The second kappa shape index (κ2) is 6.73. The van der Waals surface area contributed by atoms with Crippen LogP contribution in [0.2, 0.25) is 0 Å². The Balaban J connectivity index is 2.02. The Bertz CT molecular complexity index is 681. The molecule has 0 aliphatic heterocycles. The lowest BCUT2D eigenvalue weighted by Gasteiger charge is -2.18. The third kappa shape index (κ3) is 5.02. The quantitative estimate of drug-likeness (QED) is 0.845. The normalized spacial score (nSPS) is 11.2. The lowest BCUT2D eigenvalue weighted by Crippen LogP contribution is -2.26. The van der Waals surface area contributed by atoms with E-state index in [9.17, 15) is 18.0 Å². The maximum absolute atomic E-state index is 12.3. The lowest BCUT2D eigenvalue weighted by molar-refractivity contribution is -0.274. The first-order valence-electron chi connectivity index (χ1n) is 6.91. The summed E-state index contributed by atoms with van der Waals surface area (Å²) in [7, 11) is 1.64. The number of carbonyl (C=O) groups excluding carboxylic acids is 1. The SMILES string of the molecule is Cc1cccc(C(=O)N(C)Cc2ccc(OC(F)(F)F)cc2)c1. The van der Waals surface area contributed by atoms with Crippen LogP contribution in [-0.2, 0) is 6.54 Å². The van der Waals surface area contributed by atoms with Crippen LogP contribution in [-0.4, -0.2) is 24.2 Å². The summed E-state index contributed by atoms with van der Waals surface area (Å²) in [6.45, 7) is 2.19. The Kier molecular flexibility index (Phi) is 4.93. The molecule has 0 aliphatic rings. The molecule has 0 saturated heterocycles. The minimum absolute atomic E-state index is 0.149. The molecule has 122 valence electrons. The van der Waals surface area contributed by atoms with E-state index in [4.69, 9.17) is 0 Å². The number of amides is 1.